The van der Waals surface area contributed by atoms with E-state index in [0.29, 0.717) is 42.6 Å². The second-order valence-electron chi connectivity index (χ2n) is 4.99. The quantitative estimate of drug-likeness (QED) is 0.873. The van der Waals surface area contributed by atoms with Crippen molar-refractivity contribution in [3.05, 3.63) is 22.6 Å². The lowest BCUT2D eigenvalue weighted by molar-refractivity contribution is -0.147. The van der Waals surface area contributed by atoms with Crippen LogP contribution in [0.2, 0.25) is 0 Å². The van der Waals surface area contributed by atoms with Gasteiger partial charge in [-0.1, -0.05) is 0 Å². The van der Waals surface area contributed by atoms with E-state index in [1.165, 1.54) is 6.26 Å². The van der Waals surface area contributed by atoms with Gasteiger partial charge in [-0.05, 0) is 34.8 Å². The third-order valence-corrected chi connectivity index (χ3v) is 4.37. The molecular formula is C14H18BrNO5. The van der Waals surface area contributed by atoms with Crippen molar-refractivity contribution in [2.45, 2.75) is 25.3 Å². The van der Waals surface area contributed by atoms with Gasteiger partial charge in [0.2, 0.25) is 5.91 Å². The molecular weight excluding hydrogens is 342 g/mol. The number of carbonyl (C=O) groups excluding carboxylic acids is 1. The van der Waals surface area contributed by atoms with Crippen LogP contribution in [0.5, 0.6) is 0 Å². The molecule has 1 N–H and O–H groups in total. The Morgan fingerprint density at radius 1 is 1.62 bits per heavy atom. The van der Waals surface area contributed by atoms with Gasteiger partial charge >= 0.3 is 5.97 Å². The lowest BCUT2D eigenvalue weighted by atomic mass is 9.93. The molecule has 0 bridgehead atoms. The van der Waals surface area contributed by atoms with Gasteiger partial charge in [-0.15, -0.1) is 0 Å². The summed E-state index contributed by atoms with van der Waals surface area (Å²) >= 11 is 3.36. The number of carboxylic acids is 1. The van der Waals surface area contributed by atoms with Crippen molar-refractivity contribution in [3.8, 4) is 0 Å². The Balaban J connectivity index is 2.41. The van der Waals surface area contributed by atoms with Gasteiger partial charge in [0.05, 0.1) is 23.3 Å². The molecule has 116 valence electrons. The summed E-state index contributed by atoms with van der Waals surface area (Å²) in [6.45, 7) is 0.698. The molecule has 2 heterocycles. The molecule has 0 aromatic carbocycles. The van der Waals surface area contributed by atoms with E-state index >= 15 is 0 Å². The van der Waals surface area contributed by atoms with Gasteiger partial charge in [-0.3, -0.25) is 9.59 Å². The number of carboxylic acid groups (broad SMARTS) is 1. The van der Waals surface area contributed by atoms with Crippen LogP contribution in [0.3, 0.4) is 0 Å². The molecule has 0 spiro atoms. The van der Waals surface area contributed by atoms with Crippen LogP contribution in [0.4, 0.5) is 0 Å². The standard InChI is InChI=1S/C14H18BrNO5/c1-20-8-6-16-11(17)4-2-3-9(14(18)19)12(16)13-10(15)5-7-21-13/h5,7,9,12H,2-4,6,8H2,1H3,(H,18,19). The molecule has 2 atom stereocenters. The maximum Gasteiger partial charge on any atom is 0.309 e. The van der Waals surface area contributed by atoms with Crippen molar-refractivity contribution in [2.75, 3.05) is 20.3 Å². The highest BCUT2D eigenvalue weighted by molar-refractivity contribution is 9.10. The molecule has 0 aliphatic carbocycles. The van der Waals surface area contributed by atoms with Gasteiger partial charge in [-0.25, -0.2) is 0 Å². The molecule has 1 amide bonds. The minimum absolute atomic E-state index is 0.0656. The normalized spacial score (nSPS) is 23.1. The van der Waals surface area contributed by atoms with Crippen LogP contribution in [0.25, 0.3) is 0 Å². The highest BCUT2D eigenvalue weighted by atomic mass is 79.9. The van der Waals surface area contributed by atoms with Crippen molar-refractivity contribution in [2.24, 2.45) is 5.92 Å². The summed E-state index contributed by atoms with van der Waals surface area (Å²) in [6, 6.07) is 1.09. The molecule has 1 aliphatic heterocycles. The first-order chi connectivity index (χ1) is 10.1. The summed E-state index contributed by atoms with van der Waals surface area (Å²) in [5.74, 6) is -1.19. The Labute approximate surface area is 131 Å². The van der Waals surface area contributed by atoms with Crippen LogP contribution in [0, 0.1) is 5.92 Å². The first-order valence-corrected chi connectivity index (χ1v) is 7.59. The largest absolute Gasteiger partial charge is 0.481 e. The van der Waals surface area contributed by atoms with E-state index in [1.54, 1.807) is 18.1 Å². The predicted molar refractivity (Wildman–Crippen MR) is 77.7 cm³/mol. The number of hydrogen-bond donors (Lipinski definition) is 1. The number of methoxy groups -OCH3 is 1. The van der Waals surface area contributed by atoms with Crippen molar-refractivity contribution in [1.29, 1.82) is 0 Å². The minimum Gasteiger partial charge on any atom is -0.481 e. The Morgan fingerprint density at radius 3 is 2.95 bits per heavy atom. The molecule has 1 fully saturated rings. The molecule has 1 saturated heterocycles. The van der Waals surface area contributed by atoms with Crippen LogP contribution in [-0.2, 0) is 14.3 Å². The fraction of sp³-hybridized carbons (Fsp3) is 0.571. The number of hydrogen-bond acceptors (Lipinski definition) is 4. The van der Waals surface area contributed by atoms with E-state index in [2.05, 4.69) is 15.9 Å². The Morgan fingerprint density at radius 2 is 2.38 bits per heavy atom. The molecule has 7 heteroatoms. The predicted octanol–water partition coefficient (Wildman–Crippen LogP) is 2.44. The van der Waals surface area contributed by atoms with Gasteiger partial charge < -0.3 is 19.2 Å². The summed E-state index contributed by atoms with van der Waals surface area (Å²) in [5, 5.41) is 9.53. The summed E-state index contributed by atoms with van der Waals surface area (Å²) in [5.41, 5.74) is 0. The SMILES string of the molecule is COCCN1C(=O)CCCC(C(=O)O)C1c1occc1Br. The molecule has 1 aromatic rings. The number of ether oxygens (including phenoxy) is 1. The van der Waals surface area contributed by atoms with Gasteiger partial charge in [0.1, 0.15) is 11.8 Å². The summed E-state index contributed by atoms with van der Waals surface area (Å²) in [6.07, 6.45) is 2.85. The average Bonchev–Trinajstić information content (AvgIpc) is 2.78. The van der Waals surface area contributed by atoms with E-state index in [0.717, 1.165) is 0 Å². The highest BCUT2D eigenvalue weighted by Crippen LogP contribution is 2.39. The molecule has 2 rings (SSSR count). The molecule has 21 heavy (non-hydrogen) atoms. The van der Waals surface area contributed by atoms with Crippen molar-refractivity contribution in [3.63, 3.8) is 0 Å². The van der Waals surface area contributed by atoms with Crippen LogP contribution >= 0.6 is 15.9 Å². The molecule has 0 radical (unpaired) electrons. The number of carbonyl (C=O) groups is 2. The second-order valence-corrected chi connectivity index (χ2v) is 5.85. The first-order valence-electron chi connectivity index (χ1n) is 6.80. The topological polar surface area (TPSA) is 80.0 Å². The van der Waals surface area contributed by atoms with Crippen molar-refractivity contribution >= 4 is 27.8 Å². The van der Waals surface area contributed by atoms with Crippen LogP contribution in [0.15, 0.2) is 21.2 Å². The van der Waals surface area contributed by atoms with Crippen LogP contribution in [-0.4, -0.2) is 42.1 Å². The van der Waals surface area contributed by atoms with Gasteiger partial charge in [0.15, 0.2) is 0 Å². The van der Waals surface area contributed by atoms with E-state index in [9.17, 15) is 14.7 Å². The van der Waals surface area contributed by atoms with Gasteiger partial charge in [-0.2, -0.15) is 0 Å². The van der Waals surface area contributed by atoms with Crippen LogP contribution in [0.1, 0.15) is 31.1 Å². The summed E-state index contributed by atoms with van der Waals surface area (Å²) < 4.78 is 11.2. The van der Waals surface area contributed by atoms with Gasteiger partial charge in [0, 0.05) is 20.1 Å². The van der Waals surface area contributed by atoms with E-state index < -0.39 is 17.9 Å². The lowest BCUT2D eigenvalue weighted by Crippen LogP contribution is -2.40. The van der Waals surface area contributed by atoms with E-state index in [-0.39, 0.29) is 5.91 Å². The molecule has 2 unspecified atom stereocenters. The fourth-order valence-corrected chi connectivity index (χ4v) is 3.14. The number of amides is 1. The molecule has 1 aliphatic rings. The highest BCUT2D eigenvalue weighted by Gasteiger charge is 2.41. The first kappa shape index (κ1) is 16.0. The van der Waals surface area contributed by atoms with Crippen molar-refractivity contribution < 1.29 is 23.8 Å². The van der Waals surface area contributed by atoms with Gasteiger partial charge in [0.25, 0.3) is 0 Å². The average molecular weight is 360 g/mol. The maximum absolute atomic E-state index is 12.3. The van der Waals surface area contributed by atoms with E-state index in [4.69, 9.17) is 9.15 Å². The zero-order chi connectivity index (χ0) is 15.4. The van der Waals surface area contributed by atoms with Crippen molar-refractivity contribution in [1.82, 2.24) is 4.90 Å². The maximum atomic E-state index is 12.3. The van der Waals surface area contributed by atoms with Crippen LogP contribution < -0.4 is 0 Å². The lowest BCUT2D eigenvalue weighted by Gasteiger charge is -2.32. The zero-order valence-electron chi connectivity index (χ0n) is 11.8. The second kappa shape index (κ2) is 7.09. The number of halogens is 1. The minimum atomic E-state index is -0.916. The Hall–Kier alpha value is -1.34. The number of likely N-dealkylation sites (tertiary alicyclic amines) is 1. The smallest absolute Gasteiger partial charge is 0.309 e. The Bertz CT molecular complexity index is 515. The number of rotatable bonds is 5. The third kappa shape index (κ3) is 3.47. The fourth-order valence-electron chi connectivity index (χ4n) is 2.70. The molecule has 0 saturated carbocycles. The zero-order valence-corrected chi connectivity index (χ0v) is 13.3. The number of aliphatic carboxylic acids is 1. The summed E-state index contributed by atoms with van der Waals surface area (Å²) in [4.78, 5) is 25.5. The number of nitrogens with zero attached hydrogens (tertiary/aromatic N) is 1. The third-order valence-electron chi connectivity index (χ3n) is 3.71. The summed E-state index contributed by atoms with van der Waals surface area (Å²) in [7, 11) is 1.55. The Kier molecular flexibility index (Phi) is 5.41. The van der Waals surface area contributed by atoms with E-state index in [1.807, 2.05) is 0 Å². The number of furan rings is 1. The molecule has 1 aromatic heterocycles. The molecule has 6 nitrogen and oxygen atoms in total. The monoisotopic (exact) mass is 359 g/mol.